The number of nitrogens with zero attached hydrogens (tertiary/aromatic N) is 1. The summed E-state index contributed by atoms with van der Waals surface area (Å²) in [6, 6.07) is 9.04. The molecule has 0 aliphatic carbocycles. The molecule has 0 saturated carbocycles. The van der Waals surface area contributed by atoms with Gasteiger partial charge >= 0.3 is 0 Å². The van der Waals surface area contributed by atoms with Gasteiger partial charge in [-0.05, 0) is 32.0 Å². The van der Waals surface area contributed by atoms with Crippen molar-refractivity contribution < 1.29 is 0 Å². The molecule has 0 radical (unpaired) electrons. The number of likely N-dealkylation sites (N-methyl/N-ethyl adjacent to an activating group) is 2. The van der Waals surface area contributed by atoms with Crippen LogP contribution >= 0.6 is 0 Å². The highest BCUT2D eigenvalue weighted by Gasteiger charge is 2.07. The van der Waals surface area contributed by atoms with Gasteiger partial charge in [0.25, 0.3) is 0 Å². The van der Waals surface area contributed by atoms with Crippen LogP contribution in [0.2, 0.25) is 0 Å². The molecule has 0 amide bonds. The first kappa shape index (κ1) is 12.1. The predicted octanol–water partition coefficient (Wildman–Crippen LogP) is 2.43. The molecule has 0 aliphatic rings. The lowest BCUT2D eigenvalue weighted by atomic mass is 10.2. The Hall–Kier alpha value is -1.02. The summed E-state index contributed by atoms with van der Waals surface area (Å²) in [6.45, 7) is 8.59. The zero-order valence-electron chi connectivity index (χ0n) is 10.2. The minimum atomic E-state index is 0.527. The number of rotatable bonds is 5. The van der Waals surface area contributed by atoms with Crippen molar-refractivity contribution in [3.05, 3.63) is 29.8 Å². The van der Waals surface area contributed by atoms with Crippen molar-refractivity contribution in [3.8, 4) is 0 Å². The summed E-state index contributed by atoms with van der Waals surface area (Å²) in [4.78, 5) is 2.31. The van der Waals surface area contributed by atoms with Crippen LogP contribution in [-0.4, -0.2) is 26.2 Å². The normalized spacial score (nSPS) is 12.5. The van der Waals surface area contributed by atoms with E-state index in [0.29, 0.717) is 6.04 Å². The molecule has 1 unspecified atom stereocenters. The van der Waals surface area contributed by atoms with Gasteiger partial charge in [-0.1, -0.05) is 25.1 Å². The van der Waals surface area contributed by atoms with Gasteiger partial charge in [-0.25, -0.2) is 0 Å². The van der Waals surface area contributed by atoms with Crippen molar-refractivity contribution in [3.63, 3.8) is 0 Å². The third kappa shape index (κ3) is 3.56. The molecule has 1 aromatic carbocycles. The Morgan fingerprint density at radius 2 is 2.00 bits per heavy atom. The van der Waals surface area contributed by atoms with Crippen molar-refractivity contribution in [2.45, 2.75) is 26.8 Å². The van der Waals surface area contributed by atoms with E-state index in [0.717, 1.165) is 13.1 Å². The zero-order valence-corrected chi connectivity index (χ0v) is 10.2. The Morgan fingerprint density at radius 1 is 1.33 bits per heavy atom. The van der Waals surface area contributed by atoms with Crippen LogP contribution in [-0.2, 0) is 0 Å². The fourth-order valence-corrected chi connectivity index (χ4v) is 1.91. The SMILES string of the molecule is CCNC(C)CN(C)c1ccccc1C. The second-order valence-electron chi connectivity index (χ2n) is 4.13. The lowest BCUT2D eigenvalue weighted by Gasteiger charge is -2.25. The van der Waals surface area contributed by atoms with Gasteiger partial charge < -0.3 is 10.2 Å². The van der Waals surface area contributed by atoms with Crippen LogP contribution in [0.15, 0.2) is 24.3 Å². The quantitative estimate of drug-likeness (QED) is 0.796. The first-order valence-electron chi connectivity index (χ1n) is 5.65. The zero-order chi connectivity index (χ0) is 11.3. The van der Waals surface area contributed by atoms with Gasteiger partial charge in [0.2, 0.25) is 0 Å². The van der Waals surface area contributed by atoms with Crippen LogP contribution in [0, 0.1) is 6.92 Å². The monoisotopic (exact) mass is 206 g/mol. The summed E-state index contributed by atoms with van der Waals surface area (Å²) in [5.74, 6) is 0. The average molecular weight is 206 g/mol. The largest absolute Gasteiger partial charge is 0.373 e. The second-order valence-corrected chi connectivity index (χ2v) is 4.13. The van der Waals surface area contributed by atoms with Crippen LogP contribution in [0.1, 0.15) is 19.4 Å². The average Bonchev–Trinajstić information content (AvgIpc) is 2.18. The fourth-order valence-electron chi connectivity index (χ4n) is 1.91. The van der Waals surface area contributed by atoms with Gasteiger partial charge in [0.15, 0.2) is 0 Å². The number of para-hydroxylation sites is 1. The maximum atomic E-state index is 3.42. The molecule has 0 aliphatic heterocycles. The van der Waals surface area contributed by atoms with Crippen molar-refractivity contribution in [2.24, 2.45) is 0 Å². The van der Waals surface area contributed by atoms with E-state index in [1.165, 1.54) is 11.3 Å². The van der Waals surface area contributed by atoms with Crippen LogP contribution in [0.25, 0.3) is 0 Å². The molecule has 0 saturated heterocycles. The lowest BCUT2D eigenvalue weighted by Crippen LogP contribution is -2.37. The van der Waals surface area contributed by atoms with Gasteiger partial charge in [-0.3, -0.25) is 0 Å². The van der Waals surface area contributed by atoms with E-state index >= 15 is 0 Å². The van der Waals surface area contributed by atoms with E-state index in [-0.39, 0.29) is 0 Å². The van der Waals surface area contributed by atoms with E-state index < -0.39 is 0 Å². The molecule has 0 fully saturated rings. The van der Waals surface area contributed by atoms with Crippen molar-refractivity contribution >= 4 is 5.69 Å². The highest BCUT2D eigenvalue weighted by atomic mass is 15.1. The number of aryl methyl sites for hydroxylation is 1. The van der Waals surface area contributed by atoms with Gasteiger partial charge in [0.05, 0.1) is 0 Å². The lowest BCUT2D eigenvalue weighted by molar-refractivity contribution is 0.564. The Bertz CT molecular complexity index is 296. The van der Waals surface area contributed by atoms with Crippen LogP contribution in [0.3, 0.4) is 0 Å². The molecule has 15 heavy (non-hydrogen) atoms. The molecule has 1 aromatic rings. The molecule has 0 aromatic heterocycles. The summed E-state index contributed by atoms with van der Waals surface area (Å²) in [6.07, 6.45) is 0. The molecule has 0 bridgehead atoms. The standard InChI is InChI=1S/C13H22N2/c1-5-14-12(3)10-15(4)13-9-7-6-8-11(13)2/h6-9,12,14H,5,10H2,1-4H3. The summed E-state index contributed by atoms with van der Waals surface area (Å²) in [5, 5.41) is 3.42. The minimum Gasteiger partial charge on any atom is -0.373 e. The Morgan fingerprint density at radius 3 is 2.60 bits per heavy atom. The van der Waals surface area contributed by atoms with Gasteiger partial charge in [-0.15, -0.1) is 0 Å². The molecule has 1 N–H and O–H groups in total. The molecule has 0 spiro atoms. The van der Waals surface area contributed by atoms with Crippen molar-refractivity contribution in [2.75, 3.05) is 25.0 Å². The summed E-state index contributed by atoms with van der Waals surface area (Å²) in [5.41, 5.74) is 2.66. The Kier molecular flexibility index (Phi) is 4.63. The summed E-state index contributed by atoms with van der Waals surface area (Å²) >= 11 is 0. The highest BCUT2D eigenvalue weighted by molar-refractivity contribution is 5.52. The van der Waals surface area contributed by atoms with Crippen molar-refractivity contribution in [1.82, 2.24) is 5.32 Å². The van der Waals surface area contributed by atoms with Crippen LogP contribution < -0.4 is 10.2 Å². The molecule has 1 atom stereocenters. The van der Waals surface area contributed by atoms with Gasteiger partial charge in [0, 0.05) is 25.3 Å². The maximum Gasteiger partial charge on any atom is 0.0393 e. The smallest absolute Gasteiger partial charge is 0.0393 e. The number of nitrogens with one attached hydrogen (secondary N) is 1. The molecule has 1 rings (SSSR count). The number of benzene rings is 1. The Balaban J connectivity index is 2.61. The van der Waals surface area contributed by atoms with E-state index in [2.05, 4.69) is 62.3 Å². The van der Waals surface area contributed by atoms with Crippen molar-refractivity contribution in [1.29, 1.82) is 0 Å². The number of hydrogen-bond acceptors (Lipinski definition) is 2. The first-order valence-corrected chi connectivity index (χ1v) is 5.65. The molecule has 2 heteroatoms. The van der Waals surface area contributed by atoms with E-state index in [1.54, 1.807) is 0 Å². The molecular weight excluding hydrogens is 184 g/mol. The second kappa shape index (κ2) is 5.76. The maximum absolute atomic E-state index is 3.42. The number of anilines is 1. The molecule has 0 heterocycles. The molecule has 84 valence electrons. The molecular formula is C13H22N2. The topological polar surface area (TPSA) is 15.3 Å². The van der Waals surface area contributed by atoms with Gasteiger partial charge in [0.1, 0.15) is 0 Å². The third-order valence-corrected chi connectivity index (χ3v) is 2.63. The van der Waals surface area contributed by atoms with E-state index in [1.807, 2.05) is 0 Å². The summed E-state index contributed by atoms with van der Waals surface area (Å²) < 4.78 is 0. The van der Waals surface area contributed by atoms with Gasteiger partial charge in [-0.2, -0.15) is 0 Å². The fraction of sp³-hybridized carbons (Fsp3) is 0.538. The highest BCUT2D eigenvalue weighted by Crippen LogP contribution is 2.17. The minimum absolute atomic E-state index is 0.527. The predicted molar refractivity (Wildman–Crippen MR) is 67.6 cm³/mol. The van der Waals surface area contributed by atoms with E-state index in [9.17, 15) is 0 Å². The van der Waals surface area contributed by atoms with Crippen LogP contribution in [0.4, 0.5) is 5.69 Å². The summed E-state index contributed by atoms with van der Waals surface area (Å²) in [7, 11) is 2.15. The first-order chi connectivity index (χ1) is 7.15. The van der Waals surface area contributed by atoms with E-state index in [4.69, 9.17) is 0 Å². The molecule has 2 nitrogen and oxygen atoms in total. The van der Waals surface area contributed by atoms with Crippen LogP contribution in [0.5, 0.6) is 0 Å². The number of hydrogen-bond donors (Lipinski definition) is 1. The Labute approximate surface area is 93.3 Å². The third-order valence-electron chi connectivity index (χ3n) is 2.63.